The summed E-state index contributed by atoms with van der Waals surface area (Å²) in [6, 6.07) is 11.5. The molecule has 4 rings (SSSR count). The predicted octanol–water partition coefficient (Wildman–Crippen LogP) is 2.79. The molecule has 0 aliphatic heterocycles. The zero-order chi connectivity index (χ0) is 21.5. The van der Waals surface area contributed by atoms with Crippen LogP contribution in [0.25, 0.3) is 11.0 Å². The molecule has 3 heterocycles. The summed E-state index contributed by atoms with van der Waals surface area (Å²) in [5, 5.41) is 11.4. The van der Waals surface area contributed by atoms with E-state index in [1.165, 1.54) is 6.33 Å². The molecule has 4 aromatic rings. The maximum Gasteiger partial charge on any atom is 0.220 e. The Kier molecular flexibility index (Phi) is 6.41. The molecule has 3 aromatic heterocycles. The second kappa shape index (κ2) is 9.75. The van der Waals surface area contributed by atoms with Crippen LogP contribution in [0.3, 0.4) is 0 Å². The summed E-state index contributed by atoms with van der Waals surface area (Å²) in [6.45, 7) is 1.51. The van der Waals surface area contributed by atoms with Crippen LogP contribution in [0, 0.1) is 0 Å². The molecule has 9 heteroatoms. The van der Waals surface area contributed by atoms with E-state index in [0.29, 0.717) is 43.9 Å². The number of hydrogen-bond acceptors (Lipinski definition) is 7. The minimum Gasteiger partial charge on any atom is -0.497 e. The lowest BCUT2D eigenvalue weighted by Gasteiger charge is -2.08. The van der Waals surface area contributed by atoms with Crippen LogP contribution in [0.2, 0.25) is 0 Å². The zero-order valence-corrected chi connectivity index (χ0v) is 17.2. The number of nitrogens with one attached hydrogen (secondary N) is 2. The fourth-order valence-corrected chi connectivity index (χ4v) is 3.22. The molecule has 160 valence electrons. The van der Waals surface area contributed by atoms with Crippen LogP contribution in [0.5, 0.6) is 5.75 Å². The van der Waals surface area contributed by atoms with E-state index in [4.69, 9.17) is 9.15 Å². The van der Waals surface area contributed by atoms with Crippen LogP contribution < -0.4 is 15.4 Å². The smallest absolute Gasteiger partial charge is 0.220 e. The number of anilines is 1. The standard InChI is InChI=1S/C22H24N6O3/c1-30-17-7-4-16(5-8-17)6-9-20(29)23-10-11-28-22-19(14-27-28)21(25-15-26-22)24-13-18-3-2-12-31-18/h2-5,7-8,12,14-15H,6,9-11,13H2,1H3,(H,23,29)(H,24,25,26). The first-order valence-electron chi connectivity index (χ1n) is 10.1. The second-order valence-electron chi connectivity index (χ2n) is 6.96. The third kappa shape index (κ3) is 5.19. The number of nitrogens with zero attached hydrogens (tertiary/aromatic N) is 4. The van der Waals surface area contributed by atoms with Crippen molar-refractivity contribution in [1.29, 1.82) is 0 Å². The van der Waals surface area contributed by atoms with Crippen LogP contribution in [0.4, 0.5) is 5.82 Å². The van der Waals surface area contributed by atoms with Gasteiger partial charge in [-0.3, -0.25) is 4.79 Å². The molecule has 0 radical (unpaired) electrons. The average Bonchev–Trinajstić information content (AvgIpc) is 3.47. The summed E-state index contributed by atoms with van der Waals surface area (Å²) < 4.78 is 12.2. The van der Waals surface area contributed by atoms with Gasteiger partial charge in [-0.1, -0.05) is 12.1 Å². The zero-order valence-electron chi connectivity index (χ0n) is 17.2. The van der Waals surface area contributed by atoms with Crippen LogP contribution in [-0.4, -0.2) is 39.3 Å². The van der Waals surface area contributed by atoms with Gasteiger partial charge in [0.05, 0.1) is 38.0 Å². The lowest BCUT2D eigenvalue weighted by molar-refractivity contribution is -0.121. The Balaban J connectivity index is 1.27. The number of amides is 1. The van der Waals surface area contributed by atoms with Gasteiger partial charge in [0.25, 0.3) is 0 Å². The van der Waals surface area contributed by atoms with Gasteiger partial charge in [0.1, 0.15) is 23.7 Å². The maximum atomic E-state index is 12.2. The Morgan fingerprint density at radius 1 is 1.19 bits per heavy atom. The minimum absolute atomic E-state index is 0.00251. The summed E-state index contributed by atoms with van der Waals surface area (Å²) >= 11 is 0. The molecule has 0 unspecified atom stereocenters. The summed E-state index contributed by atoms with van der Waals surface area (Å²) in [4.78, 5) is 20.8. The van der Waals surface area contributed by atoms with Crippen LogP contribution in [-0.2, 0) is 24.3 Å². The van der Waals surface area contributed by atoms with E-state index in [1.807, 2.05) is 36.4 Å². The normalized spacial score (nSPS) is 10.9. The summed E-state index contributed by atoms with van der Waals surface area (Å²) in [6.07, 6.45) is 5.97. The Bertz CT molecular complexity index is 1120. The van der Waals surface area contributed by atoms with Gasteiger partial charge in [0.15, 0.2) is 5.65 Å². The number of aromatic nitrogens is 4. The molecular weight excluding hydrogens is 396 g/mol. The van der Waals surface area contributed by atoms with Crippen molar-refractivity contribution in [2.75, 3.05) is 19.0 Å². The molecule has 1 aromatic carbocycles. The first-order chi connectivity index (χ1) is 15.2. The molecule has 31 heavy (non-hydrogen) atoms. The van der Waals surface area contributed by atoms with Crippen LogP contribution in [0.15, 0.2) is 59.6 Å². The average molecular weight is 420 g/mol. The van der Waals surface area contributed by atoms with E-state index in [9.17, 15) is 4.79 Å². The molecule has 0 bridgehead atoms. The van der Waals surface area contributed by atoms with E-state index in [2.05, 4.69) is 25.7 Å². The van der Waals surface area contributed by atoms with E-state index in [1.54, 1.807) is 24.3 Å². The topological polar surface area (TPSA) is 107 Å². The quantitative estimate of drug-likeness (QED) is 0.406. The number of carbonyl (C=O) groups is 1. The van der Waals surface area contributed by atoms with E-state index in [0.717, 1.165) is 22.5 Å². The molecule has 0 saturated heterocycles. The van der Waals surface area contributed by atoms with Gasteiger partial charge in [-0.05, 0) is 36.2 Å². The third-order valence-electron chi connectivity index (χ3n) is 4.89. The highest BCUT2D eigenvalue weighted by molar-refractivity contribution is 5.86. The van der Waals surface area contributed by atoms with Crippen molar-refractivity contribution in [1.82, 2.24) is 25.1 Å². The highest BCUT2D eigenvalue weighted by Gasteiger charge is 2.10. The van der Waals surface area contributed by atoms with E-state index < -0.39 is 0 Å². The Morgan fingerprint density at radius 2 is 2.06 bits per heavy atom. The van der Waals surface area contributed by atoms with Gasteiger partial charge in [-0.2, -0.15) is 5.10 Å². The van der Waals surface area contributed by atoms with Gasteiger partial charge in [0.2, 0.25) is 5.91 Å². The van der Waals surface area contributed by atoms with E-state index >= 15 is 0 Å². The van der Waals surface area contributed by atoms with Crippen molar-refractivity contribution in [3.05, 3.63) is 66.5 Å². The third-order valence-corrected chi connectivity index (χ3v) is 4.89. The number of rotatable bonds is 10. The van der Waals surface area contributed by atoms with Crippen LogP contribution in [0.1, 0.15) is 17.7 Å². The lowest BCUT2D eigenvalue weighted by atomic mass is 10.1. The van der Waals surface area contributed by atoms with Crippen molar-refractivity contribution in [3.8, 4) is 5.75 Å². The molecular formula is C22H24N6O3. The largest absolute Gasteiger partial charge is 0.497 e. The number of hydrogen-bond donors (Lipinski definition) is 2. The van der Waals surface area contributed by atoms with Crippen molar-refractivity contribution in [2.45, 2.75) is 25.9 Å². The molecule has 0 saturated carbocycles. The predicted molar refractivity (Wildman–Crippen MR) is 116 cm³/mol. The highest BCUT2D eigenvalue weighted by atomic mass is 16.5. The van der Waals surface area contributed by atoms with Gasteiger partial charge in [-0.15, -0.1) is 0 Å². The van der Waals surface area contributed by atoms with Gasteiger partial charge in [0, 0.05) is 13.0 Å². The summed E-state index contributed by atoms with van der Waals surface area (Å²) in [5.74, 6) is 2.32. The number of aryl methyl sites for hydroxylation is 1. The molecule has 0 fully saturated rings. The lowest BCUT2D eigenvalue weighted by Crippen LogP contribution is -2.27. The number of benzene rings is 1. The molecule has 1 amide bonds. The van der Waals surface area contributed by atoms with Gasteiger partial charge < -0.3 is 19.8 Å². The Labute approximate surface area is 179 Å². The first-order valence-corrected chi connectivity index (χ1v) is 10.1. The van der Waals surface area contributed by atoms with Crippen molar-refractivity contribution < 1.29 is 13.9 Å². The fourth-order valence-electron chi connectivity index (χ4n) is 3.22. The van der Waals surface area contributed by atoms with Crippen molar-refractivity contribution in [3.63, 3.8) is 0 Å². The minimum atomic E-state index is 0.00251. The SMILES string of the molecule is COc1ccc(CCC(=O)NCCn2ncc3c(NCc4ccco4)ncnc32)cc1. The van der Waals surface area contributed by atoms with Crippen molar-refractivity contribution >= 4 is 22.8 Å². The molecule has 9 nitrogen and oxygen atoms in total. The molecule has 0 aliphatic carbocycles. The Morgan fingerprint density at radius 3 is 2.84 bits per heavy atom. The van der Waals surface area contributed by atoms with Gasteiger partial charge in [-0.25, -0.2) is 14.6 Å². The number of furan rings is 1. The van der Waals surface area contributed by atoms with E-state index in [-0.39, 0.29) is 5.91 Å². The van der Waals surface area contributed by atoms with Gasteiger partial charge >= 0.3 is 0 Å². The number of fused-ring (bicyclic) bond motifs is 1. The number of ether oxygens (including phenoxy) is 1. The van der Waals surface area contributed by atoms with Crippen LogP contribution >= 0.6 is 0 Å². The molecule has 0 atom stereocenters. The maximum absolute atomic E-state index is 12.2. The fraction of sp³-hybridized carbons (Fsp3) is 0.273. The monoisotopic (exact) mass is 420 g/mol. The Hall–Kier alpha value is -3.88. The number of carbonyl (C=O) groups excluding carboxylic acids is 1. The molecule has 0 spiro atoms. The van der Waals surface area contributed by atoms with Crippen molar-refractivity contribution in [2.24, 2.45) is 0 Å². The summed E-state index contributed by atoms with van der Waals surface area (Å²) in [7, 11) is 1.63. The summed E-state index contributed by atoms with van der Waals surface area (Å²) in [5.41, 5.74) is 1.81. The first kappa shape index (κ1) is 20.4. The number of methoxy groups -OCH3 is 1. The highest BCUT2D eigenvalue weighted by Crippen LogP contribution is 2.19. The molecule has 2 N–H and O–H groups in total. The second-order valence-corrected chi connectivity index (χ2v) is 6.96. The molecule has 0 aliphatic rings.